The Labute approximate surface area is 107 Å². The first-order valence-electron chi connectivity index (χ1n) is 6.38. The Hall–Kier alpha value is -0.900. The molecule has 0 spiro atoms. The van der Waals surface area contributed by atoms with Crippen LogP contribution >= 0.6 is 11.3 Å². The van der Waals surface area contributed by atoms with Gasteiger partial charge in [0.05, 0.1) is 11.2 Å². The average molecular weight is 255 g/mol. The van der Waals surface area contributed by atoms with Crippen LogP contribution in [-0.4, -0.2) is 16.1 Å². The first-order chi connectivity index (χ1) is 8.19. The van der Waals surface area contributed by atoms with Gasteiger partial charge in [-0.25, -0.2) is 9.78 Å². The Kier molecular flexibility index (Phi) is 6.19. The fraction of sp³-hybridized carbons (Fsp3) is 0.692. The normalized spacial score (nSPS) is 12.6. The molecule has 1 rings (SSSR count). The number of unbranched alkanes of at least 4 members (excludes halogenated alkanes) is 3. The molecule has 0 bridgehead atoms. The van der Waals surface area contributed by atoms with Gasteiger partial charge in [-0.3, -0.25) is 0 Å². The zero-order valence-corrected chi connectivity index (χ0v) is 11.4. The van der Waals surface area contributed by atoms with Gasteiger partial charge in [0, 0.05) is 5.92 Å². The maximum atomic E-state index is 10.8. The minimum absolute atomic E-state index is 0.354. The topological polar surface area (TPSA) is 50.2 Å². The second kappa shape index (κ2) is 7.43. The van der Waals surface area contributed by atoms with Crippen molar-refractivity contribution in [1.29, 1.82) is 0 Å². The molecule has 0 saturated heterocycles. The van der Waals surface area contributed by atoms with Gasteiger partial charge in [0.2, 0.25) is 0 Å². The summed E-state index contributed by atoms with van der Waals surface area (Å²) >= 11 is 1.33. The summed E-state index contributed by atoms with van der Waals surface area (Å²) < 4.78 is 0. The molecule has 0 aliphatic rings. The molecular weight excluding hydrogens is 234 g/mol. The highest BCUT2D eigenvalue weighted by molar-refractivity contribution is 7.13. The van der Waals surface area contributed by atoms with E-state index in [4.69, 9.17) is 5.11 Å². The van der Waals surface area contributed by atoms with Crippen LogP contribution in [0.2, 0.25) is 0 Å². The molecule has 1 heterocycles. The van der Waals surface area contributed by atoms with Gasteiger partial charge >= 0.3 is 5.97 Å². The molecule has 0 radical (unpaired) electrons. The van der Waals surface area contributed by atoms with E-state index in [2.05, 4.69) is 18.8 Å². The molecule has 0 aliphatic heterocycles. The molecule has 1 aromatic rings. The second-order valence-electron chi connectivity index (χ2n) is 4.32. The summed E-state index contributed by atoms with van der Waals surface area (Å²) in [5.41, 5.74) is 0. The molecule has 0 aliphatic carbocycles. The second-order valence-corrected chi connectivity index (χ2v) is 5.38. The van der Waals surface area contributed by atoms with Gasteiger partial charge in [-0.2, -0.15) is 0 Å². The lowest BCUT2D eigenvalue weighted by molar-refractivity contribution is 0.0702. The zero-order chi connectivity index (χ0) is 12.7. The lowest BCUT2D eigenvalue weighted by atomic mass is 9.99. The molecule has 0 saturated carbocycles. The van der Waals surface area contributed by atoms with Crippen LogP contribution in [0, 0.1) is 0 Å². The number of carbonyl (C=O) groups is 1. The number of hydrogen-bond donors (Lipinski definition) is 1. The largest absolute Gasteiger partial charge is 0.477 e. The number of hydrogen-bond acceptors (Lipinski definition) is 3. The van der Waals surface area contributed by atoms with Crippen LogP contribution < -0.4 is 0 Å². The van der Waals surface area contributed by atoms with Crippen LogP contribution in [0.5, 0.6) is 0 Å². The average Bonchev–Trinajstić information content (AvgIpc) is 2.79. The minimum Gasteiger partial charge on any atom is -0.477 e. The van der Waals surface area contributed by atoms with Gasteiger partial charge in [-0.1, -0.05) is 39.5 Å². The molecule has 1 unspecified atom stereocenters. The molecule has 96 valence electrons. The van der Waals surface area contributed by atoms with Crippen molar-refractivity contribution in [1.82, 2.24) is 4.98 Å². The van der Waals surface area contributed by atoms with E-state index in [1.807, 2.05) is 0 Å². The highest BCUT2D eigenvalue weighted by Gasteiger charge is 2.15. The molecule has 3 nitrogen and oxygen atoms in total. The Morgan fingerprint density at radius 1 is 1.41 bits per heavy atom. The Morgan fingerprint density at radius 2 is 2.18 bits per heavy atom. The number of nitrogens with zero attached hydrogens (tertiary/aromatic N) is 1. The number of aromatic nitrogens is 1. The lowest BCUT2D eigenvalue weighted by Crippen LogP contribution is -1.96. The molecule has 1 atom stereocenters. The predicted octanol–water partition coefficient (Wildman–Crippen LogP) is 4.31. The smallest absolute Gasteiger partial charge is 0.347 e. The van der Waals surface area contributed by atoms with Crippen molar-refractivity contribution in [3.8, 4) is 0 Å². The van der Waals surface area contributed by atoms with Crippen LogP contribution in [0.3, 0.4) is 0 Å². The molecule has 0 aromatic carbocycles. The summed E-state index contributed by atoms with van der Waals surface area (Å²) in [6.45, 7) is 4.35. The fourth-order valence-corrected chi connectivity index (χ4v) is 2.87. The van der Waals surface area contributed by atoms with Crippen LogP contribution in [0.15, 0.2) is 6.20 Å². The van der Waals surface area contributed by atoms with Crippen LogP contribution in [0.1, 0.15) is 73.0 Å². The Balaban J connectivity index is 2.50. The first-order valence-corrected chi connectivity index (χ1v) is 7.19. The first kappa shape index (κ1) is 14.2. The highest BCUT2D eigenvalue weighted by Crippen LogP contribution is 2.29. The number of carboxylic acids is 1. The van der Waals surface area contributed by atoms with E-state index in [1.165, 1.54) is 43.2 Å². The third-order valence-corrected chi connectivity index (χ3v) is 4.13. The van der Waals surface area contributed by atoms with E-state index < -0.39 is 5.97 Å². The molecule has 1 N–H and O–H groups in total. The van der Waals surface area contributed by atoms with E-state index in [9.17, 15) is 4.79 Å². The molecular formula is C13H21NO2S. The van der Waals surface area contributed by atoms with Gasteiger partial charge in [-0.15, -0.1) is 11.3 Å². The van der Waals surface area contributed by atoms with Crippen molar-refractivity contribution in [2.24, 2.45) is 0 Å². The standard InChI is InChI=1S/C13H21NO2S/c1-3-5-6-7-8-10(4-2)12-14-9-11(17-12)13(15)16/h9-10H,3-8H2,1-2H3,(H,15,16). The van der Waals surface area contributed by atoms with Crippen LogP contribution in [0.4, 0.5) is 0 Å². The number of thiazole rings is 1. The van der Waals surface area contributed by atoms with Crippen LogP contribution in [0.25, 0.3) is 0 Å². The highest BCUT2D eigenvalue weighted by atomic mass is 32.1. The maximum Gasteiger partial charge on any atom is 0.347 e. The van der Waals surface area contributed by atoms with E-state index in [1.54, 1.807) is 0 Å². The summed E-state index contributed by atoms with van der Waals surface area (Å²) in [5.74, 6) is -0.431. The lowest BCUT2D eigenvalue weighted by Gasteiger charge is -2.11. The Morgan fingerprint density at radius 3 is 2.71 bits per heavy atom. The van der Waals surface area contributed by atoms with Gasteiger partial charge < -0.3 is 5.11 Å². The molecule has 17 heavy (non-hydrogen) atoms. The summed E-state index contributed by atoms with van der Waals surface area (Å²) in [5, 5.41) is 9.86. The Bertz CT molecular complexity index is 349. The van der Waals surface area contributed by atoms with Crippen molar-refractivity contribution in [3.63, 3.8) is 0 Å². The summed E-state index contributed by atoms with van der Waals surface area (Å²) in [6, 6.07) is 0. The molecule has 4 heteroatoms. The van der Waals surface area contributed by atoms with E-state index in [0.29, 0.717) is 10.8 Å². The molecule has 0 amide bonds. The van der Waals surface area contributed by atoms with Crippen LogP contribution in [-0.2, 0) is 0 Å². The van der Waals surface area contributed by atoms with Crippen molar-refractivity contribution < 1.29 is 9.90 Å². The van der Waals surface area contributed by atoms with Crippen molar-refractivity contribution in [3.05, 3.63) is 16.1 Å². The molecule has 0 fully saturated rings. The number of aromatic carboxylic acids is 1. The number of carboxylic acid groups (broad SMARTS) is 1. The quantitative estimate of drug-likeness (QED) is 0.704. The summed E-state index contributed by atoms with van der Waals surface area (Å²) in [7, 11) is 0. The van der Waals surface area contributed by atoms with Gasteiger partial charge in [0.15, 0.2) is 0 Å². The number of rotatable bonds is 8. The van der Waals surface area contributed by atoms with Gasteiger partial charge in [-0.05, 0) is 12.8 Å². The van der Waals surface area contributed by atoms with Crippen molar-refractivity contribution in [2.75, 3.05) is 0 Å². The molecule has 1 aromatic heterocycles. The zero-order valence-electron chi connectivity index (χ0n) is 10.6. The van der Waals surface area contributed by atoms with Crippen molar-refractivity contribution >= 4 is 17.3 Å². The third kappa shape index (κ3) is 4.46. The van der Waals surface area contributed by atoms with E-state index in [-0.39, 0.29) is 0 Å². The van der Waals surface area contributed by atoms with E-state index >= 15 is 0 Å². The van der Waals surface area contributed by atoms with Gasteiger partial charge in [0.1, 0.15) is 4.88 Å². The fourth-order valence-electron chi connectivity index (χ4n) is 1.89. The van der Waals surface area contributed by atoms with E-state index in [0.717, 1.165) is 17.8 Å². The SMILES string of the molecule is CCCCCCC(CC)c1ncc(C(=O)O)s1. The van der Waals surface area contributed by atoms with Gasteiger partial charge in [0.25, 0.3) is 0 Å². The predicted molar refractivity (Wildman–Crippen MR) is 70.9 cm³/mol. The maximum absolute atomic E-state index is 10.8. The monoisotopic (exact) mass is 255 g/mol. The minimum atomic E-state index is -0.866. The van der Waals surface area contributed by atoms with Crippen molar-refractivity contribution in [2.45, 2.75) is 58.3 Å². The summed E-state index contributed by atoms with van der Waals surface area (Å²) in [6.07, 6.45) is 8.67. The summed E-state index contributed by atoms with van der Waals surface area (Å²) in [4.78, 5) is 15.4. The third-order valence-electron chi connectivity index (χ3n) is 2.98.